The lowest BCUT2D eigenvalue weighted by Gasteiger charge is -2.13. The molecule has 1 aromatic carbocycles. The SMILES string of the molecule is CCCCC(N)C(=O)Nc1cccc(OC(F)(F)F)c1. The molecule has 20 heavy (non-hydrogen) atoms. The number of rotatable bonds is 6. The Balaban J connectivity index is 2.64. The second-order valence-corrected chi connectivity index (χ2v) is 4.31. The third kappa shape index (κ3) is 5.92. The van der Waals surface area contributed by atoms with Gasteiger partial charge >= 0.3 is 6.36 Å². The minimum absolute atomic E-state index is 0.212. The molecule has 0 spiro atoms. The molecule has 0 aliphatic heterocycles. The van der Waals surface area contributed by atoms with Crippen molar-refractivity contribution >= 4 is 11.6 Å². The zero-order chi connectivity index (χ0) is 15.2. The molecule has 112 valence electrons. The predicted molar refractivity (Wildman–Crippen MR) is 69.3 cm³/mol. The maximum absolute atomic E-state index is 12.1. The Labute approximate surface area is 115 Å². The summed E-state index contributed by atoms with van der Waals surface area (Å²) in [6.07, 6.45) is -2.51. The maximum atomic E-state index is 12.1. The summed E-state index contributed by atoms with van der Waals surface area (Å²) in [6.45, 7) is 1.97. The molecule has 1 amide bonds. The van der Waals surface area contributed by atoms with E-state index < -0.39 is 24.1 Å². The lowest BCUT2D eigenvalue weighted by Crippen LogP contribution is -2.35. The number of hydrogen-bond donors (Lipinski definition) is 2. The molecule has 0 saturated carbocycles. The molecule has 0 saturated heterocycles. The Morgan fingerprint density at radius 3 is 2.75 bits per heavy atom. The fraction of sp³-hybridized carbons (Fsp3) is 0.462. The third-order valence-corrected chi connectivity index (χ3v) is 2.54. The van der Waals surface area contributed by atoms with Crippen molar-refractivity contribution < 1.29 is 22.7 Å². The molecule has 1 aromatic rings. The van der Waals surface area contributed by atoms with Gasteiger partial charge in [-0.05, 0) is 18.6 Å². The molecule has 0 aliphatic carbocycles. The van der Waals surface area contributed by atoms with Gasteiger partial charge in [-0.1, -0.05) is 25.8 Å². The van der Waals surface area contributed by atoms with Gasteiger partial charge in [-0.2, -0.15) is 0 Å². The van der Waals surface area contributed by atoms with Crippen molar-refractivity contribution in [1.29, 1.82) is 0 Å². The molecule has 0 fully saturated rings. The predicted octanol–water partition coefficient (Wildman–Crippen LogP) is 3.04. The highest BCUT2D eigenvalue weighted by atomic mass is 19.4. The van der Waals surface area contributed by atoms with Crippen molar-refractivity contribution in [2.75, 3.05) is 5.32 Å². The van der Waals surface area contributed by atoms with Gasteiger partial charge in [0.15, 0.2) is 0 Å². The van der Waals surface area contributed by atoms with E-state index in [9.17, 15) is 18.0 Å². The first-order chi connectivity index (χ1) is 9.31. The summed E-state index contributed by atoms with van der Waals surface area (Å²) in [5.41, 5.74) is 5.88. The van der Waals surface area contributed by atoms with Crippen LogP contribution in [0.3, 0.4) is 0 Å². The zero-order valence-corrected chi connectivity index (χ0v) is 11.0. The number of nitrogens with one attached hydrogen (secondary N) is 1. The summed E-state index contributed by atoms with van der Waals surface area (Å²) in [6, 6.07) is 4.39. The van der Waals surface area contributed by atoms with E-state index in [1.165, 1.54) is 12.1 Å². The minimum Gasteiger partial charge on any atom is -0.406 e. The van der Waals surface area contributed by atoms with Crippen LogP contribution in [-0.4, -0.2) is 18.3 Å². The Morgan fingerprint density at radius 1 is 1.45 bits per heavy atom. The van der Waals surface area contributed by atoms with Crippen molar-refractivity contribution in [2.45, 2.75) is 38.6 Å². The largest absolute Gasteiger partial charge is 0.573 e. The lowest BCUT2D eigenvalue weighted by atomic mass is 10.1. The number of carbonyl (C=O) groups is 1. The number of carbonyl (C=O) groups excluding carboxylic acids is 1. The first kappa shape index (κ1) is 16.3. The highest BCUT2D eigenvalue weighted by molar-refractivity contribution is 5.94. The van der Waals surface area contributed by atoms with Gasteiger partial charge in [0.25, 0.3) is 0 Å². The van der Waals surface area contributed by atoms with E-state index in [2.05, 4.69) is 10.1 Å². The standard InChI is InChI=1S/C13H17F3N2O2/c1-2-3-7-11(17)12(19)18-9-5-4-6-10(8-9)20-13(14,15)16/h4-6,8,11H,2-3,7,17H2,1H3,(H,18,19). The van der Waals surface area contributed by atoms with Crippen molar-refractivity contribution in [1.82, 2.24) is 0 Å². The number of alkyl halides is 3. The number of unbranched alkanes of at least 4 members (excludes halogenated alkanes) is 1. The van der Waals surface area contributed by atoms with Gasteiger partial charge in [0.2, 0.25) is 5.91 Å². The van der Waals surface area contributed by atoms with Crippen molar-refractivity contribution in [3.05, 3.63) is 24.3 Å². The Kier molecular flexibility index (Phi) is 5.82. The molecule has 0 heterocycles. The summed E-state index contributed by atoms with van der Waals surface area (Å²) in [4.78, 5) is 11.7. The molecule has 0 aliphatic rings. The van der Waals surface area contributed by atoms with E-state index in [-0.39, 0.29) is 5.69 Å². The van der Waals surface area contributed by atoms with Gasteiger partial charge in [-0.15, -0.1) is 13.2 Å². The summed E-state index contributed by atoms with van der Waals surface area (Å²) < 4.78 is 40.0. The number of benzene rings is 1. The van der Waals surface area contributed by atoms with Crippen molar-refractivity contribution in [3.63, 3.8) is 0 Å². The molecular weight excluding hydrogens is 273 g/mol. The molecule has 4 nitrogen and oxygen atoms in total. The molecule has 1 atom stereocenters. The second-order valence-electron chi connectivity index (χ2n) is 4.31. The number of halogens is 3. The smallest absolute Gasteiger partial charge is 0.406 e. The highest BCUT2D eigenvalue weighted by Crippen LogP contribution is 2.25. The zero-order valence-electron chi connectivity index (χ0n) is 11.0. The average molecular weight is 290 g/mol. The van der Waals surface area contributed by atoms with E-state index in [0.29, 0.717) is 6.42 Å². The molecular formula is C13H17F3N2O2. The van der Waals surface area contributed by atoms with Gasteiger partial charge in [0.1, 0.15) is 5.75 Å². The van der Waals surface area contributed by atoms with E-state index >= 15 is 0 Å². The number of anilines is 1. The Morgan fingerprint density at radius 2 is 2.15 bits per heavy atom. The van der Waals surface area contributed by atoms with Crippen LogP contribution < -0.4 is 15.8 Å². The number of hydrogen-bond acceptors (Lipinski definition) is 3. The van der Waals surface area contributed by atoms with E-state index in [4.69, 9.17) is 5.73 Å². The van der Waals surface area contributed by atoms with E-state index in [1.54, 1.807) is 0 Å². The van der Waals surface area contributed by atoms with Crippen molar-refractivity contribution in [3.8, 4) is 5.75 Å². The molecule has 1 rings (SSSR count). The molecule has 3 N–H and O–H groups in total. The average Bonchev–Trinajstić information content (AvgIpc) is 2.34. The monoisotopic (exact) mass is 290 g/mol. The Hall–Kier alpha value is -1.76. The van der Waals surface area contributed by atoms with Crippen LogP contribution in [0.2, 0.25) is 0 Å². The molecule has 1 unspecified atom stereocenters. The first-order valence-electron chi connectivity index (χ1n) is 6.24. The van der Waals surface area contributed by atoms with Gasteiger partial charge < -0.3 is 15.8 Å². The van der Waals surface area contributed by atoms with Crippen molar-refractivity contribution in [2.24, 2.45) is 5.73 Å². The van der Waals surface area contributed by atoms with Crippen LogP contribution >= 0.6 is 0 Å². The maximum Gasteiger partial charge on any atom is 0.573 e. The lowest BCUT2D eigenvalue weighted by molar-refractivity contribution is -0.274. The van der Waals surface area contributed by atoms with E-state index in [0.717, 1.165) is 25.0 Å². The third-order valence-electron chi connectivity index (χ3n) is 2.54. The minimum atomic E-state index is -4.76. The van der Waals surface area contributed by atoms with Gasteiger partial charge in [-0.25, -0.2) is 0 Å². The van der Waals surface area contributed by atoms with Gasteiger partial charge in [0, 0.05) is 11.8 Å². The Bertz CT molecular complexity index is 449. The fourth-order valence-corrected chi connectivity index (χ4v) is 1.56. The molecule has 7 heteroatoms. The van der Waals surface area contributed by atoms with Crippen LogP contribution in [0.1, 0.15) is 26.2 Å². The fourth-order valence-electron chi connectivity index (χ4n) is 1.56. The molecule has 0 radical (unpaired) electrons. The second kappa shape index (κ2) is 7.14. The van der Waals surface area contributed by atoms with Crippen LogP contribution in [0, 0.1) is 0 Å². The van der Waals surface area contributed by atoms with Crippen LogP contribution in [0.4, 0.5) is 18.9 Å². The molecule has 0 aromatic heterocycles. The van der Waals surface area contributed by atoms with Gasteiger partial charge in [0.05, 0.1) is 6.04 Å². The van der Waals surface area contributed by atoms with Crippen LogP contribution in [0.5, 0.6) is 5.75 Å². The highest BCUT2D eigenvalue weighted by Gasteiger charge is 2.31. The molecule has 0 bridgehead atoms. The summed E-state index contributed by atoms with van der Waals surface area (Å²) in [5, 5.41) is 2.47. The number of amides is 1. The van der Waals surface area contributed by atoms with Gasteiger partial charge in [-0.3, -0.25) is 4.79 Å². The van der Waals surface area contributed by atoms with Crippen LogP contribution in [-0.2, 0) is 4.79 Å². The topological polar surface area (TPSA) is 64.4 Å². The normalized spacial score (nSPS) is 12.8. The number of nitrogens with two attached hydrogens (primary N) is 1. The summed E-state index contributed by atoms with van der Waals surface area (Å²) >= 11 is 0. The van der Waals surface area contributed by atoms with Crippen LogP contribution in [0.15, 0.2) is 24.3 Å². The summed E-state index contributed by atoms with van der Waals surface area (Å²) in [5.74, 6) is -0.819. The number of ether oxygens (including phenoxy) is 1. The first-order valence-corrected chi connectivity index (χ1v) is 6.24. The van der Waals surface area contributed by atoms with E-state index in [1.807, 2.05) is 6.92 Å². The van der Waals surface area contributed by atoms with Crippen LogP contribution in [0.25, 0.3) is 0 Å². The summed E-state index contributed by atoms with van der Waals surface area (Å²) in [7, 11) is 0. The quantitative estimate of drug-likeness (QED) is 0.846.